The Balaban J connectivity index is 3.01. The van der Waals surface area contributed by atoms with Crippen LogP contribution in [0, 0.1) is 12.3 Å². The smallest absolute Gasteiger partial charge is 0.328 e. The third kappa shape index (κ3) is 3.35. The topological polar surface area (TPSA) is 82.2 Å². The van der Waals surface area contributed by atoms with Gasteiger partial charge in [0.2, 0.25) is 0 Å². The average Bonchev–Trinajstić information content (AvgIpc) is 2.21. The molecule has 0 fully saturated rings. The van der Waals surface area contributed by atoms with Gasteiger partial charge in [-0.2, -0.15) is 0 Å². The van der Waals surface area contributed by atoms with E-state index in [0.717, 1.165) is 5.56 Å². The number of carbonyl (C=O) groups is 1. The summed E-state index contributed by atoms with van der Waals surface area (Å²) in [7, 11) is 0. The van der Waals surface area contributed by atoms with Gasteiger partial charge in [0.15, 0.2) is 5.96 Å². The van der Waals surface area contributed by atoms with Gasteiger partial charge in [-0.05, 0) is 31.5 Å². The van der Waals surface area contributed by atoms with Crippen molar-refractivity contribution >= 4 is 29.3 Å². The van der Waals surface area contributed by atoms with Crippen LogP contribution in [0.5, 0.6) is 0 Å². The lowest BCUT2D eigenvalue weighted by molar-refractivity contribution is 0.250. The molecule has 6 heteroatoms. The van der Waals surface area contributed by atoms with Crippen molar-refractivity contribution in [2.45, 2.75) is 13.8 Å². The summed E-state index contributed by atoms with van der Waals surface area (Å²) in [5.74, 6) is -0.392. The molecule has 0 saturated heterocycles. The van der Waals surface area contributed by atoms with Crippen LogP contribution in [0.15, 0.2) is 18.2 Å². The van der Waals surface area contributed by atoms with E-state index < -0.39 is 12.0 Å². The second kappa shape index (κ2) is 5.54. The molecule has 0 radical (unpaired) electrons. The zero-order chi connectivity index (χ0) is 13.0. The Bertz CT molecular complexity index is 447. The van der Waals surface area contributed by atoms with Crippen LogP contribution in [0.3, 0.4) is 0 Å². The van der Waals surface area contributed by atoms with E-state index in [9.17, 15) is 4.79 Å². The van der Waals surface area contributed by atoms with Crippen LogP contribution >= 0.6 is 11.6 Å². The monoisotopic (exact) mass is 254 g/mol. The number of hydrogen-bond acceptors (Lipinski definition) is 2. The van der Waals surface area contributed by atoms with Gasteiger partial charge >= 0.3 is 6.03 Å². The van der Waals surface area contributed by atoms with E-state index in [0.29, 0.717) is 17.3 Å². The van der Waals surface area contributed by atoms with Crippen LogP contribution < -0.4 is 16.0 Å². The molecular weight excluding hydrogens is 240 g/mol. The Kier molecular flexibility index (Phi) is 4.34. The molecule has 1 aromatic carbocycles. The number of guanidine groups is 1. The SMILES string of the molecule is CCN(C(=O)NC(=N)N)c1ccc(C)cc1Cl. The van der Waals surface area contributed by atoms with E-state index in [4.69, 9.17) is 22.7 Å². The van der Waals surface area contributed by atoms with Crippen LogP contribution in [-0.2, 0) is 0 Å². The van der Waals surface area contributed by atoms with Crippen molar-refractivity contribution in [1.29, 1.82) is 5.41 Å². The number of amides is 2. The summed E-state index contributed by atoms with van der Waals surface area (Å²) in [6, 6.07) is 4.94. The molecule has 0 atom stereocenters. The van der Waals surface area contributed by atoms with E-state index in [1.54, 1.807) is 12.1 Å². The molecule has 2 amide bonds. The van der Waals surface area contributed by atoms with Gasteiger partial charge in [-0.3, -0.25) is 15.6 Å². The number of aryl methyl sites for hydroxylation is 1. The molecule has 1 aromatic rings. The highest BCUT2D eigenvalue weighted by Gasteiger charge is 2.16. The lowest BCUT2D eigenvalue weighted by atomic mass is 10.2. The summed E-state index contributed by atoms with van der Waals surface area (Å²) in [4.78, 5) is 13.2. The van der Waals surface area contributed by atoms with Crippen molar-refractivity contribution in [1.82, 2.24) is 5.32 Å². The van der Waals surface area contributed by atoms with Gasteiger partial charge < -0.3 is 5.73 Å². The fourth-order valence-corrected chi connectivity index (χ4v) is 1.77. The van der Waals surface area contributed by atoms with Crippen molar-refractivity contribution in [3.63, 3.8) is 0 Å². The van der Waals surface area contributed by atoms with E-state index >= 15 is 0 Å². The number of rotatable bonds is 2. The predicted octanol–water partition coefficient (Wildman–Crippen LogP) is 2.08. The normalized spacial score (nSPS) is 9.82. The third-order valence-corrected chi connectivity index (χ3v) is 2.50. The van der Waals surface area contributed by atoms with Gasteiger partial charge in [0.05, 0.1) is 10.7 Å². The number of anilines is 1. The molecule has 4 N–H and O–H groups in total. The number of halogens is 1. The molecule has 0 aliphatic rings. The summed E-state index contributed by atoms with van der Waals surface area (Å²) in [6.45, 7) is 4.17. The minimum Gasteiger partial charge on any atom is -0.370 e. The number of hydrogen-bond donors (Lipinski definition) is 3. The van der Waals surface area contributed by atoms with Crippen molar-refractivity contribution in [2.24, 2.45) is 5.73 Å². The maximum absolute atomic E-state index is 11.8. The number of nitrogens with two attached hydrogens (primary N) is 1. The lowest BCUT2D eigenvalue weighted by Crippen LogP contribution is -2.45. The van der Waals surface area contributed by atoms with Gasteiger partial charge in [-0.15, -0.1) is 0 Å². The quantitative estimate of drug-likeness (QED) is 0.558. The maximum Gasteiger partial charge on any atom is 0.328 e. The first-order chi connectivity index (χ1) is 7.95. The van der Waals surface area contributed by atoms with E-state index in [1.807, 2.05) is 19.9 Å². The van der Waals surface area contributed by atoms with E-state index in [1.165, 1.54) is 4.90 Å². The molecule has 0 heterocycles. The molecule has 0 unspecified atom stereocenters. The first kappa shape index (κ1) is 13.3. The highest BCUT2D eigenvalue weighted by Crippen LogP contribution is 2.26. The largest absolute Gasteiger partial charge is 0.370 e. The highest BCUT2D eigenvalue weighted by molar-refractivity contribution is 6.34. The van der Waals surface area contributed by atoms with Crippen LogP contribution in [0.4, 0.5) is 10.5 Å². The first-order valence-corrected chi connectivity index (χ1v) is 5.52. The zero-order valence-electron chi connectivity index (χ0n) is 9.75. The Hall–Kier alpha value is -1.75. The minimum absolute atomic E-state index is 0.392. The maximum atomic E-state index is 11.8. The second-order valence-corrected chi connectivity index (χ2v) is 3.95. The number of benzene rings is 1. The highest BCUT2D eigenvalue weighted by atomic mass is 35.5. The van der Waals surface area contributed by atoms with Crippen LogP contribution in [-0.4, -0.2) is 18.5 Å². The zero-order valence-corrected chi connectivity index (χ0v) is 10.5. The van der Waals surface area contributed by atoms with E-state index in [-0.39, 0.29) is 0 Å². The molecule has 0 aliphatic carbocycles. The fraction of sp³-hybridized carbons (Fsp3) is 0.273. The van der Waals surface area contributed by atoms with Crippen molar-refractivity contribution in [3.05, 3.63) is 28.8 Å². The molecule has 0 spiro atoms. The van der Waals surface area contributed by atoms with Gasteiger partial charge in [0, 0.05) is 6.54 Å². The summed E-state index contributed by atoms with van der Waals surface area (Å²) in [5, 5.41) is 9.74. The van der Waals surface area contributed by atoms with Gasteiger partial charge in [0.25, 0.3) is 0 Å². The third-order valence-electron chi connectivity index (χ3n) is 2.20. The molecule has 0 aliphatic heterocycles. The number of urea groups is 1. The van der Waals surface area contributed by atoms with Crippen molar-refractivity contribution in [3.8, 4) is 0 Å². The Morgan fingerprint density at radius 2 is 2.24 bits per heavy atom. The summed E-state index contributed by atoms with van der Waals surface area (Å²) in [6.07, 6.45) is 0. The summed E-state index contributed by atoms with van der Waals surface area (Å²) in [5.41, 5.74) is 6.73. The first-order valence-electron chi connectivity index (χ1n) is 5.14. The number of carbonyl (C=O) groups excluding carboxylic acids is 1. The average molecular weight is 255 g/mol. The molecule has 5 nitrogen and oxygen atoms in total. The standard InChI is InChI=1S/C11H15ClN4O/c1-3-16(11(17)15-10(13)14)9-5-4-7(2)6-8(9)12/h4-6H,3H2,1-2H3,(H4,13,14,15,17). The van der Waals surface area contributed by atoms with Gasteiger partial charge in [-0.1, -0.05) is 17.7 Å². The number of nitrogens with zero attached hydrogens (tertiary/aromatic N) is 1. The molecule has 0 aromatic heterocycles. The van der Waals surface area contributed by atoms with Crippen molar-refractivity contribution in [2.75, 3.05) is 11.4 Å². The van der Waals surface area contributed by atoms with Gasteiger partial charge in [-0.25, -0.2) is 4.79 Å². The molecule has 0 bridgehead atoms. The number of nitrogens with one attached hydrogen (secondary N) is 2. The minimum atomic E-state index is -0.467. The van der Waals surface area contributed by atoms with Crippen LogP contribution in [0.1, 0.15) is 12.5 Å². The predicted molar refractivity (Wildman–Crippen MR) is 69.7 cm³/mol. The Morgan fingerprint density at radius 1 is 1.59 bits per heavy atom. The molecule has 92 valence electrons. The summed E-state index contributed by atoms with van der Waals surface area (Å²) >= 11 is 6.08. The van der Waals surface area contributed by atoms with Crippen LogP contribution in [0.25, 0.3) is 0 Å². The van der Waals surface area contributed by atoms with Gasteiger partial charge in [0.1, 0.15) is 0 Å². The fourth-order valence-electron chi connectivity index (χ4n) is 1.44. The Labute approximate surface area is 105 Å². The molecule has 0 saturated carbocycles. The van der Waals surface area contributed by atoms with E-state index in [2.05, 4.69) is 5.32 Å². The summed E-state index contributed by atoms with van der Waals surface area (Å²) < 4.78 is 0. The van der Waals surface area contributed by atoms with Crippen molar-refractivity contribution < 1.29 is 4.79 Å². The Morgan fingerprint density at radius 3 is 2.71 bits per heavy atom. The second-order valence-electron chi connectivity index (χ2n) is 3.54. The molecule has 1 rings (SSSR count). The molecule has 17 heavy (non-hydrogen) atoms. The lowest BCUT2D eigenvalue weighted by Gasteiger charge is -2.22. The van der Waals surface area contributed by atoms with Crippen LogP contribution in [0.2, 0.25) is 5.02 Å². The molecular formula is C11H15ClN4O.